The van der Waals surface area contributed by atoms with Crippen molar-refractivity contribution in [1.82, 2.24) is 16.0 Å². The van der Waals surface area contributed by atoms with Crippen LogP contribution in [-0.2, 0) is 16.1 Å². The number of nitro groups is 1. The minimum atomic E-state index is -1.02. The molecule has 0 unspecified atom stereocenters. The third-order valence-electron chi connectivity index (χ3n) is 6.42. The van der Waals surface area contributed by atoms with Crippen LogP contribution < -0.4 is 16.0 Å². The van der Waals surface area contributed by atoms with E-state index in [0.717, 1.165) is 45.2 Å². The normalized spacial score (nSPS) is 20.6. The number of carbonyl (C=O) groups excluding carboxylic acids is 2. The van der Waals surface area contributed by atoms with Crippen molar-refractivity contribution in [2.75, 3.05) is 13.1 Å². The van der Waals surface area contributed by atoms with Crippen molar-refractivity contribution in [2.45, 2.75) is 76.2 Å². The van der Waals surface area contributed by atoms with Crippen LogP contribution in [0.4, 0.5) is 10.5 Å². The Kier molecular flexibility index (Phi) is 9.44. The number of amides is 2. The zero-order valence-corrected chi connectivity index (χ0v) is 18.8. The number of aliphatic hydroxyl groups is 1. The van der Waals surface area contributed by atoms with E-state index in [1.165, 1.54) is 30.7 Å². The first-order chi connectivity index (χ1) is 15.9. The minimum absolute atomic E-state index is 0.0365. The van der Waals surface area contributed by atoms with Crippen LogP contribution in [0.25, 0.3) is 0 Å². The van der Waals surface area contributed by atoms with Gasteiger partial charge in [0.05, 0.1) is 23.5 Å². The van der Waals surface area contributed by atoms with Gasteiger partial charge in [0.25, 0.3) is 5.69 Å². The number of aliphatic hydroxyl groups excluding tert-OH is 1. The number of carbonyl (C=O) groups is 2. The van der Waals surface area contributed by atoms with Crippen molar-refractivity contribution in [2.24, 2.45) is 5.92 Å². The summed E-state index contributed by atoms with van der Waals surface area (Å²) in [5, 5.41) is 30.4. The average Bonchev–Trinajstić information content (AvgIpc) is 3.31. The Morgan fingerprint density at radius 1 is 1.18 bits per heavy atom. The molecule has 2 amide bonds. The maximum atomic E-state index is 12.5. The summed E-state index contributed by atoms with van der Waals surface area (Å²) in [5.41, 5.74) is 0.579. The number of nitrogens with one attached hydrogen (secondary N) is 3. The van der Waals surface area contributed by atoms with Gasteiger partial charge in [0.2, 0.25) is 5.91 Å². The molecular formula is C23H34N4O6. The molecule has 0 bridgehead atoms. The zero-order chi connectivity index (χ0) is 23.6. The molecule has 2 fully saturated rings. The molecule has 1 aliphatic heterocycles. The van der Waals surface area contributed by atoms with E-state index < -0.39 is 23.2 Å². The Labute approximate surface area is 193 Å². The molecule has 4 N–H and O–H groups in total. The first-order valence-corrected chi connectivity index (χ1v) is 11.8. The second-order valence-electron chi connectivity index (χ2n) is 9.02. The van der Waals surface area contributed by atoms with E-state index in [9.17, 15) is 24.8 Å². The van der Waals surface area contributed by atoms with Crippen LogP contribution in [0.5, 0.6) is 0 Å². The summed E-state index contributed by atoms with van der Waals surface area (Å²) in [7, 11) is 0. The maximum absolute atomic E-state index is 12.5. The second kappa shape index (κ2) is 12.5. The molecular weight excluding hydrogens is 428 g/mol. The lowest BCUT2D eigenvalue weighted by molar-refractivity contribution is -0.384. The number of hydrogen-bond donors (Lipinski definition) is 4. The SMILES string of the molecule is O=C(C[C@H](O)[C@H](CC1CCCCC1)NC(=O)OCc1ccc([N+](=O)[O-])cc1)N[C@H]1CCNC1. The lowest BCUT2D eigenvalue weighted by Crippen LogP contribution is -2.47. The van der Waals surface area contributed by atoms with Gasteiger partial charge in [0.1, 0.15) is 6.61 Å². The van der Waals surface area contributed by atoms with E-state index in [4.69, 9.17) is 4.74 Å². The van der Waals surface area contributed by atoms with Crippen LogP contribution in [0.15, 0.2) is 24.3 Å². The number of nitro benzene ring substituents is 1. The van der Waals surface area contributed by atoms with Gasteiger partial charge in [0, 0.05) is 24.7 Å². The summed E-state index contributed by atoms with van der Waals surface area (Å²) in [5.74, 6) is 0.154. The molecule has 0 aromatic heterocycles. The van der Waals surface area contributed by atoms with Gasteiger partial charge < -0.3 is 25.8 Å². The summed E-state index contributed by atoms with van der Waals surface area (Å²) < 4.78 is 5.27. The summed E-state index contributed by atoms with van der Waals surface area (Å²) in [6.45, 7) is 1.53. The Balaban J connectivity index is 1.53. The van der Waals surface area contributed by atoms with Crippen LogP contribution in [0, 0.1) is 16.0 Å². The van der Waals surface area contributed by atoms with E-state index in [0.29, 0.717) is 17.9 Å². The first kappa shape index (κ1) is 24.9. The fraction of sp³-hybridized carbons (Fsp3) is 0.652. The van der Waals surface area contributed by atoms with Crippen molar-refractivity contribution in [3.8, 4) is 0 Å². The lowest BCUT2D eigenvalue weighted by Gasteiger charge is -2.30. The Bertz CT molecular complexity index is 791. The highest BCUT2D eigenvalue weighted by Gasteiger charge is 2.29. The molecule has 3 rings (SSSR count). The maximum Gasteiger partial charge on any atom is 0.407 e. The Morgan fingerprint density at radius 3 is 2.55 bits per heavy atom. The fourth-order valence-corrected chi connectivity index (χ4v) is 4.55. The topological polar surface area (TPSA) is 143 Å². The predicted octanol–water partition coefficient (Wildman–Crippen LogP) is 2.39. The molecule has 0 spiro atoms. The van der Waals surface area contributed by atoms with E-state index in [1.54, 1.807) is 0 Å². The standard InChI is InChI=1S/C23H34N4O6/c28-21(13-22(29)25-18-10-11-24-14-18)20(12-16-4-2-1-3-5-16)26-23(30)33-15-17-6-8-19(9-7-17)27(31)32/h6-9,16,18,20-21,24,28H,1-5,10-15H2,(H,25,29)(H,26,30)/t18-,20-,21-/m0/s1. The summed E-state index contributed by atoms with van der Waals surface area (Å²) >= 11 is 0. The van der Waals surface area contributed by atoms with Crippen molar-refractivity contribution in [1.29, 1.82) is 0 Å². The van der Waals surface area contributed by atoms with Crippen molar-refractivity contribution >= 4 is 17.7 Å². The third-order valence-corrected chi connectivity index (χ3v) is 6.42. The van der Waals surface area contributed by atoms with Crippen LogP contribution in [-0.4, -0.2) is 53.3 Å². The van der Waals surface area contributed by atoms with Crippen LogP contribution in [0.1, 0.15) is 56.9 Å². The van der Waals surface area contributed by atoms with Gasteiger partial charge in [-0.3, -0.25) is 14.9 Å². The predicted molar refractivity (Wildman–Crippen MR) is 121 cm³/mol. The van der Waals surface area contributed by atoms with Crippen molar-refractivity contribution in [3.05, 3.63) is 39.9 Å². The number of non-ortho nitro benzene ring substituents is 1. The number of alkyl carbamates (subject to hydrolysis) is 1. The quantitative estimate of drug-likeness (QED) is 0.309. The number of nitrogens with zero attached hydrogens (tertiary/aromatic N) is 1. The van der Waals surface area contributed by atoms with Crippen LogP contribution in [0.2, 0.25) is 0 Å². The molecule has 182 valence electrons. The molecule has 1 saturated carbocycles. The largest absolute Gasteiger partial charge is 0.445 e. The van der Waals surface area contributed by atoms with Crippen LogP contribution >= 0.6 is 0 Å². The molecule has 10 nitrogen and oxygen atoms in total. The van der Waals surface area contributed by atoms with Gasteiger partial charge in [-0.15, -0.1) is 0 Å². The smallest absolute Gasteiger partial charge is 0.407 e. The Hall–Kier alpha value is -2.72. The average molecular weight is 463 g/mol. The van der Waals surface area contributed by atoms with Crippen molar-refractivity contribution in [3.63, 3.8) is 0 Å². The third kappa shape index (κ3) is 8.29. The molecule has 1 heterocycles. The van der Waals surface area contributed by atoms with Gasteiger partial charge in [0.15, 0.2) is 0 Å². The van der Waals surface area contributed by atoms with Gasteiger partial charge >= 0.3 is 6.09 Å². The zero-order valence-electron chi connectivity index (χ0n) is 18.8. The number of hydrogen-bond acceptors (Lipinski definition) is 7. The van der Waals surface area contributed by atoms with Gasteiger partial charge in [-0.25, -0.2) is 4.79 Å². The molecule has 0 radical (unpaired) electrons. The van der Waals surface area contributed by atoms with Crippen molar-refractivity contribution < 1.29 is 24.4 Å². The second-order valence-corrected chi connectivity index (χ2v) is 9.02. The molecule has 10 heteroatoms. The van der Waals surface area contributed by atoms with Crippen LogP contribution in [0.3, 0.4) is 0 Å². The molecule has 2 aliphatic rings. The molecule has 1 aromatic rings. The minimum Gasteiger partial charge on any atom is -0.445 e. The number of rotatable bonds is 10. The summed E-state index contributed by atoms with van der Waals surface area (Å²) in [6, 6.07) is 5.24. The van der Waals surface area contributed by atoms with E-state index >= 15 is 0 Å². The molecule has 1 saturated heterocycles. The molecule has 33 heavy (non-hydrogen) atoms. The van der Waals surface area contributed by atoms with E-state index in [-0.39, 0.29) is 30.7 Å². The molecule has 3 atom stereocenters. The van der Waals surface area contributed by atoms with Gasteiger partial charge in [-0.05, 0) is 43.0 Å². The summed E-state index contributed by atoms with van der Waals surface area (Å²) in [4.78, 5) is 35.1. The number of ether oxygens (including phenoxy) is 1. The Morgan fingerprint density at radius 2 is 1.91 bits per heavy atom. The highest BCUT2D eigenvalue weighted by Crippen LogP contribution is 2.28. The number of benzene rings is 1. The first-order valence-electron chi connectivity index (χ1n) is 11.8. The molecule has 1 aliphatic carbocycles. The fourth-order valence-electron chi connectivity index (χ4n) is 4.55. The van der Waals surface area contributed by atoms with E-state index in [2.05, 4.69) is 16.0 Å². The highest BCUT2D eigenvalue weighted by atomic mass is 16.6. The monoisotopic (exact) mass is 462 g/mol. The highest BCUT2D eigenvalue weighted by molar-refractivity contribution is 5.77. The van der Waals surface area contributed by atoms with E-state index in [1.807, 2.05) is 0 Å². The van der Waals surface area contributed by atoms with Gasteiger partial charge in [-0.1, -0.05) is 32.1 Å². The molecule has 1 aromatic carbocycles. The summed E-state index contributed by atoms with van der Waals surface area (Å²) in [6.07, 6.45) is 5.21. The van der Waals surface area contributed by atoms with Gasteiger partial charge in [-0.2, -0.15) is 0 Å². The lowest BCUT2D eigenvalue weighted by atomic mass is 9.83.